The minimum absolute atomic E-state index is 0.176. The van der Waals surface area contributed by atoms with Crippen molar-refractivity contribution in [3.63, 3.8) is 0 Å². The van der Waals surface area contributed by atoms with Crippen LogP contribution in [0.15, 0.2) is 79.3 Å². The van der Waals surface area contributed by atoms with Gasteiger partial charge in [0.25, 0.3) is 0 Å². The number of thiocarbonyl (C=S) groups is 1. The van der Waals surface area contributed by atoms with Crippen LogP contribution in [-0.4, -0.2) is 33.9 Å². The maximum absolute atomic E-state index is 5.89. The summed E-state index contributed by atoms with van der Waals surface area (Å²) in [6, 6.07) is 19.6. The van der Waals surface area contributed by atoms with Crippen molar-refractivity contribution in [3.05, 3.63) is 96.3 Å². The SMILES string of the molecule is COc1ccc(N2C(=S)NC(c3ccccn3)C2c2ccc(C)n2-c2cccnc2)c(OC)c1. The van der Waals surface area contributed by atoms with Gasteiger partial charge in [-0.2, -0.15) is 0 Å². The highest BCUT2D eigenvalue weighted by molar-refractivity contribution is 7.80. The van der Waals surface area contributed by atoms with Crippen molar-refractivity contribution in [2.45, 2.75) is 19.0 Å². The Bertz CT molecular complexity index is 1310. The van der Waals surface area contributed by atoms with Gasteiger partial charge in [-0.15, -0.1) is 0 Å². The number of anilines is 1. The normalized spacial score (nSPS) is 17.5. The first-order valence-electron chi connectivity index (χ1n) is 10.9. The van der Waals surface area contributed by atoms with Gasteiger partial charge in [0.1, 0.15) is 17.5 Å². The molecule has 1 saturated heterocycles. The highest BCUT2D eigenvalue weighted by Crippen LogP contribution is 2.46. The van der Waals surface area contributed by atoms with E-state index in [0.717, 1.165) is 28.5 Å². The molecule has 5 rings (SSSR count). The van der Waals surface area contributed by atoms with Crippen molar-refractivity contribution in [1.29, 1.82) is 0 Å². The van der Waals surface area contributed by atoms with Crippen LogP contribution in [0.25, 0.3) is 5.69 Å². The molecule has 0 radical (unpaired) electrons. The van der Waals surface area contributed by atoms with Crippen LogP contribution in [0.3, 0.4) is 0 Å². The van der Waals surface area contributed by atoms with E-state index in [9.17, 15) is 0 Å². The zero-order chi connectivity index (χ0) is 23.7. The molecule has 1 aliphatic rings. The lowest BCUT2D eigenvalue weighted by Gasteiger charge is -2.30. The third kappa shape index (κ3) is 3.76. The average molecular weight is 472 g/mol. The molecule has 1 N–H and O–H groups in total. The number of benzene rings is 1. The molecule has 1 fully saturated rings. The summed E-state index contributed by atoms with van der Waals surface area (Å²) in [6.07, 6.45) is 5.45. The summed E-state index contributed by atoms with van der Waals surface area (Å²) in [4.78, 5) is 11.1. The van der Waals surface area contributed by atoms with E-state index in [1.165, 1.54) is 0 Å². The quantitative estimate of drug-likeness (QED) is 0.407. The van der Waals surface area contributed by atoms with Crippen molar-refractivity contribution < 1.29 is 9.47 Å². The topological polar surface area (TPSA) is 64.4 Å². The molecule has 1 aliphatic heterocycles. The summed E-state index contributed by atoms with van der Waals surface area (Å²) in [5.74, 6) is 1.39. The lowest BCUT2D eigenvalue weighted by Crippen LogP contribution is -2.30. The largest absolute Gasteiger partial charge is 0.497 e. The fraction of sp³-hybridized carbons (Fsp3) is 0.192. The molecule has 0 amide bonds. The van der Waals surface area contributed by atoms with Crippen LogP contribution in [0.4, 0.5) is 5.69 Å². The minimum atomic E-state index is -0.196. The van der Waals surface area contributed by atoms with E-state index in [-0.39, 0.29) is 12.1 Å². The predicted octanol–water partition coefficient (Wildman–Crippen LogP) is 4.77. The minimum Gasteiger partial charge on any atom is -0.497 e. The Morgan fingerprint density at radius 1 is 0.971 bits per heavy atom. The summed E-state index contributed by atoms with van der Waals surface area (Å²) in [5.41, 5.74) is 4.90. The fourth-order valence-electron chi connectivity index (χ4n) is 4.53. The number of rotatable bonds is 6. The Morgan fingerprint density at radius 2 is 1.85 bits per heavy atom. The number of hydrogen-bond donors (Lipinski definition) is 1. The van der Waals surface area contributed by atoms with Gasteiger partial charge in [0.15, 0.2) is 5.11 Å². The Hall–Kier alpha value is -3.91. The van der Waals surface area contributed by atoms with Crippen molar-refractivity contribution >= 4 is 23.0 Å². The Labute approximate surface area is 204 Å². The summed E-state index contributed by atoms with van der Waals surface area (Å²) >= 11 is 5.89. The Balaban J connectivity index is 1.72. The fourth-order valence-corrected chi connectivity index (χ4v) is 4.87. The molecule has 2 unspecified atom stereocenters. The van der Waals surface area contributed by atoms with Gasteiger partial charge < -0.3 is 24.3 Å². The molecule has 0 aliphatic carbocycles. The maximum Gasteiger partial charge on any atom is 0.174 e. The molecule has 4 heterocycles. The average Bonchev–Trinajstić information content (AvgIpc) is 3.43. The number of nitrogens with zero attached hydrogens (tertiary/aromatic N) is 4. The van der Waals surface area contributed by atoms with E-state index in [2.05, 4.69) is 49.9 Å². The van der Waals surface area contributed by atoms with Gasteiger partial charge >= 0.3 is 0 Å². The van der Waals surface area contributed by atoms with E-state index in [4.69, 9.17) is 21.7 Å². The number of aromatic nitrogens is 3. The molecule has 172 valence electrons. The third-order valence-electron chi connectivity index (χ3n) is 6.06. The summed E-state index contributed by atoms with van der Waals surface area (Å²) in [5, 5.41) is 4.11. The van der Waals surface area contributed by atoms with Crippen LogP contribution in [0.2, 0.25) is 0 Å². The molecule has 3 aromatic heterocycles. The van der Waals surface area contributed by atoms with Gasteiger partial charge in [-0.05, 0) is 67.7 Å². The number of ether oxygens (including phenoxy) is 2. The second-order valence-electron chi connectivity index (χ2n) is 7.98. The number of pyridine rings is 2. The lowest BCUT2D eigenvalue weighted by molar-refractivity contribution is 0.394. The first-order valence-corrected chi connectivity index (χ1v) is 11.3. The van der Waals surface area contributed by atoms with E-state index >= 15 is 0 Å². The number of hydrogen-bond acceptors (Lipinski definition) is 5. The molecule has 7 nitrogen and oxygen atoms in total. The van der Waals surface area contributed by atoms with E-state index in [0.29, 0.717) is 16.6 Å². The molecule has 0 saturated carbocycles. The van der Waals surface area contributed by atoms with Gasteiger partial charge in [0.2, 0.25) is 0 Å². The predicted molar refractivity (Wildman–Crippen MR) is 136 cm³/mol. The smallest absolute Gasteiger partial charge is 0.174 e. The molecule has 8 heteroatoms. The van der Waals surface area contributed by atoms with Crippen molar-refractivity contribution in [1.82, 2.24) is 19.9 Å². The van der Waals surface area contributed by atoms with Gasteiger partial charge in [-0.3, -0.25) is 9.97 Å². The molecule has 0 spiro atoms. The number of methoxy groups -OCH3 is 2. The second kappa shape index (κ2) is 9.15. The van der Waals surface area contributed by atoms with Crippen LogP contribution in [0.5, 0.6) is 11.5 Å². The van der Waals surface area contributed by atoms with Crippen molar-refractivity contribution in [3.8, 4) is 17.2 Å². The summed E-state index contributed by atoms with van der Waals surface area (Å²) in [6.45, 7) is 2.09. The van der Waals surface area contributed by atoms with Crippen molar-refractivity contribution in [2.24, 2.45) is 0 Å². The van der Waals surface area contributed by atoms with Gasteiger partial charge in [0, 0.05) is 29.8 Å². The van der Waals surface area contributed by atoms with Gasteiger partial charge in [0.05, 0.1) is 43.5 Å². The Kier molecular flexibility index (Phi) is 5.90. The van der Waals surface area contributed by atoms with Crippen LogP contribution in [0, 0.1) is 6.92 Å². The molecular weight excluding hydrogens is 446 g/mol. The highest BCUT2D eigenvalue weighted by atomic mass is 32.1. The van der Waals surface area contributed by atoms with Crippen LogP contribution >= 0.6 is 12.2 Å². The van der Waals surface area contributed by atoms with Gasteiger partial charge in [-0.25, -0.2) is 0 Å². The molecule has 4 aromatic rings. The first-order chi connectivity index (χ1) is 16.6. The van der Waals surface area contributed by atoms with Crippen LogP contribution in [-0.2, 0) is 0 Å². The second-order valence-corrected chi connectivity index (χ2v) is 8.37. The standard InChI is InChI=1S/C26H25N5O2S/c1-17-9-11-22(30(17)18-7-6-13-27-16-18)25-24(20-8-4-5-14-28-20)29-26(34)31(25)21-12-10-19(32-2)15-23(21)33-3/h4-16,24-25H,1-3H3,(H,29,34). The highest BCUT2D eigenvalue weighted by Gasteiger charge is 2.43. The zero-order valence-corrected chi connectivity index (χ0v) is 20.0. The monoisotopic (exact) mass is 471 g/mol. The first kappa shape index (κ1) is 21.9. The molecule has 34 heavy (non-hydrogen) atoms. The summed E-state index contributed by atoms with van der Waals surface area (Å²) < 4.78 is 13.4. The lowest BCUT2D eigenvalue weighted by atomic mass is 10.0. The number of aryl methyl sites for hydroxylation is 1. The van der Waals surface area contributed by atoms with Gasteiger partial charge in [-0.1, -0.05) is 6.07 Å². The molecule has 1 aromatic carbocycles. The van der Waals surface area contributed by atoms with E-state index in [1.54, 1.807) is 26.6 Å². The van der Waals surface area contributed by atoms with Crippen LogP contribution in [0.1, 0.15) is 29.2 Å². The summed E-state index contributed by atoms with van der Waals surface area (Å²) in [7, 11) is 3.29. The number of nitrogens with one attached hydrogen (secondary N) is 1. The maximum atomic E-state index is 5.89. The van der Waals surface area contributed by atoms with E-state index < -0.39 is 0 Å². The zero-order valence-electron chi connectivity index (χ0n) is 19.2. The van der Waals surface area contributed by atoms with E-state index in [1.807, 2.05) is 48.7 Å². The third-order valence-corrected chi connectivity index (χ3v) is 6.37. The molecule has 2 atom stereocenters. The molecule has 0 bridgehead atoms. The Morgan fingerprint density at radius 3 is 2.56 bits per heavy atom. The van der Waals surface area contributed by atoms with Crippen molar-refractivity contribution in [2.75, 3.05) is 19.1 Å². The molecular formula is C26H25N5O2S. The van der Waals surface area contributed by atoms with Crippen LogP contribution < -0.4 is 19.7 Å².